The minimum Gasteiger partial charge on any atom is -0.368 e. The molecular formula is C23H28ClN5O3. The van der Waals surface area contributed by atoms with Crippen LogP contribution in [0, 0.1) is 6.92 Å². The summed E-state index contributed by atoms with van der Waals surface area (Å²) in [6, 6.07) is 7.55. The van der Waals surface area contributed by atoms with Gasteiger partial charge in [0.2, 0.25) is 5.91 Å². The van der Waals surface area contributed by atoms with E-state index in [9.17, 15) is 14.4 Å². The van der Waals surface area contributed by atoms with Gasteiger partial charge in [-0.15, -0.1) is 0 Å². The van der Waals surface area contributed by atoms with E-state index in [4.69, 9.17) is 11.6 Å². The summed E-state index contributed by atoms with van der Waals surface area (Å²) < 4.78 is 4.51. The van der Waals surface area contributed by atoms with E-state index >= 15 is 0 Å². The third-order valence-corrected chi connectivity index (χ3v) is 6.44. The van der Waals surface area contributed by atoms with Crippen LogP contribution in [0.2, 0.25) is 5.02 Å². The molecule has 1 aromatic carbocycles. The lowest BCUT2D eigenvalue weighted by Gasteiger charge is -2.37. The second-order valence-corrected chi connectivity index (χ2v) is 8.49. The lowest BCUT2D eigenvalue weighted by Crippen LogP contribution is -2.49. The highest BCUT2D eigenvalue weighted by atomic mass is 35.5. The zero-order chi connectivity index (χ0) is 23.0. The molecule has 4 rings (SSSR count). The minimum atomic E-state index is -0.342. The van der Waals surface area contributed by atoms with Gasteiger partial charge in [-0.3, -0.25) is 18.7 Å². The van der Waals surface area contributed by atoms with E-state index < -0.39 is 0 Å². The quantitative estimate of drug-likeness (QED) is 0.589. The van der Waals surface area contributed by atoms with Crippen molar-refractivity contribution < 1.29 is 4.79 Å². The van der Waals surface area contributed by atoms with Gasteiger partial charge in [0.15, 0.2) is 0 Å². The number of carbonyl (C=O) groups excluding carboxylic acids is 1. The van der Waals surface area contributed by atoms with Gasteiger partial charge < -0.3 is 14.4 Å². The fourth-order valence-electron chi connectivity index (χ4n) is 4.46. The van der Waals surface area contributed by atoms with E-state index in [0.29, 0.717) is 42.2 Å². The van der Waals surface area contributed by atoms with Crippen molar-refractivity contribution in [3.63, 3.8) is 0 Å². The van der Waals surface area contributed by atoms with E-state index in [1.807, 2.05) is 30.0 Å². The van der Waals surface area contributed by atoms with Crippen molar-refractivity contribution in [2.75, 3.05) is 31.1 Å². The zero-order valence-electron chi connectivity index (χ0n) is 18.7. The normalized spacial score (nSPS) is 14.4. The van der Waals surface area contributed by atoms with E-state index in [2.05, 4.69) is 11.8 Å². The molecule has 3 heterocycles. The van der Waals surface area contributed by atoms with Crippen LogP contribution < -0.4 is 16.1 Å². The molecule has 0 bridgehead atoms. The molecule has 9 heteroatoms. The average Bonchev–Trinajstić information content (AvgIpc) is 3.20. The Bertz CT molecular complexity index is 1280. The Kier molecular flexibility index (Phi) is 6.15. The van der Waals surface area contributed by atoms with Crippen LogP contribution in [0.15, 0.2) is 40.1 Å². The number of rotatable bonds is 5. The lowest BCUT2D eigenvalue weighted by atomic mass is 10.1. The van der Waals surface area contributed by atoms with Crippen LogP contribution in [0.5, 0.6) is 0 Å². The Hall–Kier alpha value is -3.00. The standard InChI is InChI=1S/C23H28ClN5O3/c1-4-28-21-18(22(31)29(5-2)23(28)32)8-9-27(21)15-20(30)26-12-10-25(11-13-26)19-14-17(24)7-6-16(19)3/h6-9,14H,4-5,10-13,15H2,1-3H3. The van der Waals surface area contributed by atoms with Gasteiger partial charge in [-0.2, -0.15) is 0 Å². The molecule has 0 saturated carbocycles. The zero-order valence-corrected chi connectivity index (χ0v) is 19.4. The van der Waals surface area contributed by atoms with Gasteiger partial charge in [-0.1, -0.05) is 17.7 Å². The average molecular weight is 458 g/mol. The smallest absolute Gasteiger partial charge is 0.332 e. The molecule has 1 amide bonds. The van der Waals surface area contributed by atoms with Gasteiger partial charge in [0.25, 0.3) is 5.56 Å². The van der Waals surface area contributed by atoms with Gasteiger partial charge in [0, 0.05) is 56.2 Å². The van der Waals surface area contributed by atoms with Gasteiger partial charge >= 0.3 is 5.69 Å². The third kappa shape index (κ3) is 3.83. The summed E-state index contributed by atoms with van der Waals surface area (Å²) in [7, 11) is 0. The molecule has 0 aliphatic carbocycles. The highest BCUT2D eigenvalue weighted by Gasteiger charge is 2.24. The topological polar surface area (TPSA) is 72.5 Å². The number of halogens is 1. The van der Waals surface area contributed by atoms with Crippen molar-refractivity contribution in [3.8, 4) is 0 Å². The Morgan fingerprint density at radius 2 is 1.69 bits per heavy atom. The monoisotopic (exact) mass is 457 g/mol. The van der Waals surface area contributed by atoms with Gasteiger partial charge in [0.1, 0.15) is 12.2 Å². The summed E-state index contributed by atoms with van der Waals surface area (Å²) in [6.45, 7) is 9.18. The van der Waals surface area contributed by atoms with Gasteiger partial charge in [-0.05, 0) is 44.5 Å². The van der Waals surface area contributed by atoms with Crippen LogP contribution in [0.1, 0.15) is 19.4 Å². The number of carbonyl (C=O) groups is 1. The van der Waals surface area contributed by atoms with Crippen LogP contribution in [-0.2, 0) is 24.4 Å². The maximum Gasteiger partial charge on any atom is 0.332 e. The largest absolute Gasteiger partial charge is 0.368 e. The third-order valence-electron chi connectivity index (χ3n) is 6.21. The molecule has 2 aromatic heterocycles. The summed E-state index contributed by atoms with van der Waals surface area (Å²) >= 11 is 6.17. The fraction of sp³-hybridized carbons (Fsp3) is 0.435. The van der Waals surface area contributed by atoms with Crippen molar-refractivity contribution in [2.45, 2.75) is 40.4 Å². The number of anilines is 1. The number of amides is 1. The summed E-state index contributed by atoms with van der Waals surface area (Å²) in [5, 5.41) is 1.16. The summed E-state index contributed by atoms with van der Waals surface area (Å²) in [5.74, 6) is -0.0280. The Balaban J connectivity index is 1.54. The van der Waals surface area contributed by atoms with Crippen molar-refractivity contribution in [1.29, 1.82) is 0 Å². The molecule has 1 aliphatic heterocycles. The van der Waals surface area contributed by atoms with Crippen LogP contribution >= 0.6 is 11.6 Å². The Morgan fingerprint density at radius 3 is 2.34 bits per heavy atom. The lowest BCUT2D eigenvalue weighted by molar-refractivity contribution is -0.132. The first-order chi connectivity index (χ1) is 15.3. The van der Waals surface area contributed by atoms with Gasteiger partial charge in [0.05, 0.1) is 5.39 Å². The molecule has 0 radical (unpaired) electrons. The van der Waals surface area contributed by atoms with Crippen LogP contribution in [0.3, 0.4) is 0 Å². The molecule has 3 aromatic rings. The first-order valence-corrected chi connectivity index (χ1v) is 11.3. The molecule has 1 saturated heterocycles. The van der Waals surface area contributed by atoms with E-state index in [1.165, 1.54) is 4.57 Å². The van der Waals surface area contributed by atoms with Crippen LogP contribution in [0.25, 0.3) is 11.0 Å². The molecular weight excluding hydrogens is 430 g/mol. The number of hydrogen-bond acceptors (Lipinski definition) is 4. The highest BCUT2D eigenvalue weighted by molar-refractivity contribution is 6.30. The van der Waals surface area contributed by atoms with Gasteiger partial charge in [-0.25, -0.2) is 4.79 Å². The molecule has 32 heavy (non-hydrogen) atoms. The van der Waals surface area contributed by atoms with E-state index in [-0.39, 0.29) is 23.7 Å². The molecule has 1 fully saturated rings. The molecule has 170 valence electrons. The van der Waals surface area contributed by atoms with Crippen molar-refractivity contribution >= 4 is 34.2 Å². The molecule has 0 N–H and O–H groups in total. The number of aryl methyl sites for hydroxylation is 2. The SMILES string of the molecule is CCn1c(=O)c2ccn(CC(=O)N3CCN(c4cc(Cl)ccc4C)CC3)c2n(CC)c1=O. The van der Waals surface area contributed by atoms with Crippen LogP contribution in [-0.4, -0.2) is 50.7 Å². The molecule has 0 spiro atoms. The van der Waals surface area contributed by atoms with Crippen molar-refractivity contribution in [3.05, 3.63) is 61.9 Å². The predicted molar refractivity (Wildman–Crippen MR) is 127 cm³/mol. The molecule has 1 aliphatic rings. The second kappa shape index (κ2) is 8.86. The fourth-order valence-corrected chi connectivity index (χ4v) is 4.62. The number of benzene rings is 1. The Morgan fingerprint density at radius 1 is 1.00 bits per heavy atom. The number of piperazine rings is 1. The van der Waals surface area contributed by atoms with Crippen molar-refractivity contribution in [2.24, 2.45) is 0 Å². The maximum absolute atomic E-state index is 13.1. The van der Waals surface area contributed by atoms with Crippen molar-refractivity contribution in [1.82, 2.24) is 18.6 Å². The van der Waals surface area contributed by atoms with E-state index in [1.54, 1.807) is 28.3 Å². The van der Waals surface area contributed by atoms with E-state index in [0.717, 1.165) is 24.3 Å². The first kappa shape index (κ1) is 22.2. The number of nitrogens with zero attached hydrogens (tertiary/aromatic N) is 5. The molecule has 0 atom stereocenters. The minimum absolute atomic E-state index is 0.0280. The number of aromatic nitrogens is 3. The summed E-state index contributed by atoms with van der Waals surface area (Å²) in [4.78, 5) is 42.6. The number of fused-ring (bicyclic) bond motifs is 1. The highest BCUT2D eigenvalue weighted by Crippen LogP contribution is 2.25. The molecule has 0 unspecified atom stereocenters. The first-order valence-electron chi connectivity index (χ1n) is 11.0. The Labute approximate surface area is 191 Å². The second-order valence-electron chi connectivity index (χ2n) is 8.06. The maximum atomic E-state index is 13.1. The predicted octanol–water partition coefficient (Wildman–Crippen LogP) is 2.32. The summed E-state index contributed by atoms with van der Waals surface area (Å²) in [6.07, 6.45) is 1.72. The molecule has 8 nitrogen and oxygen atoms in total. The summed E-state index contributed by atoms with van der Waals surface area (Å²) in [5.41, 5.74) is 2.11. The number of hydrogen-bond donors (Lipinski definition) is 0. The van der Waals surface area contributed by atoms with Crippen LogP contribution in [0.4, 0.5) is 5.69 Å².